The summed E-state index contributed by atoms with van der Waals surface area (Å²) in [6.07, 6.45) is 2.98. The Morgan fingerprint density at radius 1 is 1.26 bits per heavy atom. The van der Waals surface area contributed by atoms with E-state index in [1.165, 1.54) is 6.20 Å². The van der Waals surface area contributed by atoms with Gasteiger partial charge in [0.15, 0.2) is 11.7 Å². The van der Waals surface area contributed by atoms with Crippen molar-refractivity contribution in [2.45, 2.75) is 5.92 Å². The summed E-state index contributed by atoms with van der Waals surface area (Å²) >= 11 is 6.00. The predicted molar refractivity (Wildman–Crippen MR) is 86.0 cm³/mol. The van der Waals surface area contributed by atoms with Crippen molar-refractivity contribution in [2.24, 2.45) is 0 Å². The molecule has 3 aromatic rings. The van der Waals surface area contributed by atoms with Crippen molar-refractivity contribution < 1.29 is 4.79 Å². The number of nitrogens with one attached hydrogen (secondary N) is 1. The molecule has 0 radical (unpaired) electrons. The summed E-state index contributed by atoms with van der Waals surface area (Å²) in [5.74, 6) is -1.33. The maximum absolute atomic E-state index is 12.8. The van der Waals surface area contributed by atoms with Crippen molar-refractivity contribution >= 4 is 17.4 Å². The molecular formula is C17H11ClN4O. The number of aromatic nitrogens is 3. The number of H-pyrrole nitrogens is 1. The lowest BCUT2D eigenvalue weighted by molar-refractivity contribution is 0.0978. The highest BCUT2D eigenvalue weighted by molar-refractivity contribution is 6.30. The number of carbonyl (C=O) groups is 1. The zero-order valence-corrected chi connectivity index (χ0v) is 12.7. The van der Waals surface area contributed by atoms with Gasteiger partial charge in [-0.1, -0.05) is 29.8 Å². The monoisotopic (exact) mass is 322 g/mol. The second-order valence-electron chi connectivity index (χ2n) is 4.85. The standard InChI is InChI=1S/C17H11ClN4O/c18-12-5-3-4-11(8-12)16-14(10-21-22-16)17(23)13(9-19)15-6-1-2-7-20-15/h1-8,10,13H,(H,21,22)/t13-/m1/s1. The van der Waals surface area contributed by atoms with E-state index < -0.39 is 5.92 Å². The van der Waals surface area contributed by atoms with Gasteiger partial charge in [0.05, 0.1) is 29.2 Å². The van der Waals surface area contributed by atoms with E-state index in [1.807, 2.05) is 12.1 Å². The van der Waals surface area contributed by atoms with Crippen LogP contribution in [-0.2, 0) is 0 Å². The topological polar surface area (TPSA) is 82.4 Å². The molecule has 3 rings (SSSR count). The van der Waals surface area contributed by atoms with Crippen molar-refractivity contribution in [3.05, 3.63) is 71.1 Å². The number of nitrogens with zero attached hydrogens (tertiary/aromatic N) is 3. The number of halogens is 1. The predicted octanol–water partition coefficient (Wildman–Crippen LogP) is 3.62. The van der Waals surface area contributed by atoms with Gasteiger partial charge in [0.2, 0.25) is 0 Å². The molecule has 0 aliphatic rings. The molecule has 0 unspecified atom stereocenters. The third-order valence-corrected chi connectivity index (χ3v) is 3.63. The molecule has 0 aliphatic carbocycles. The first kappa shape index (κ1) is 14.9. The van der Waals surface area contributed by atoms with Crippen LogP contribution in [0, 0.1) is 11.3 Å². The van der Waals surface area contributed by atoms with Gasteiger partial charge in [-0.25, -0.2) is 0 Å². The van der Waals surface area contributed by atoms with Crippen LogP contribution in [0.5, 0.6) is 0 Å². The molecule has 2 aromatic heterocycles. The van der Waals surface area contributed by atoms with Gasteiger partial charge in [-0.2, -0.15) is 10.4 Å². The number of rotatable bonds is 4. The van der Waals surface area contributed by atoms with Crippen LogP contribution in [0.3, 0.4) is 0 Å². The third kappa shape index (κ3) is 2.98. The van der Waals surface area contributed by atoms with Gasteiger partial charge in [0.25, 0.3) is 0 Å². The molecule has 0 spiro atoms. The number of benzene rings is 1. The highest BCUT2D eigenvalue weighted by Crippen LogP contribution is 2.27. The first-order valence-corrected chi connectivity index (χ1v) is 7.22. The minimum Gasteiger partial charge on any atom is -0.292 e. The van der Waals surface area contributed by atoms with Gasteiger partial charge in [0.1, 0.15) is 0 Å². The van der Waals surface area contributed by atoms with Crippen LogP contribution in [0.1, 0.15) is 22.0 Å². The number of ketones is 1. The molecule has 1 aromatic carbocycles. The maximum atomic E-state index is 12.8. The van der Waals surface area contributed by atoms with Gasteiger partial charge in [-0.05, 0) is 24.3 Å². The Morgan fingerprint density at radius 2 is 2.13 bits per heavy atom. The van der Waals surface area contributed by atoms with Crippen LogP contribution in [0.2, 0.25) is 5.02 Å². The second kappa shape index (κ2) is 6.42. The molecule has 1 atom stereocenters. The Morgan fingerprint density at radius 3 is 2.83 bits per heavy atom. The minimum absolute atomic E-state index is 0.337. The average Bonchev–Trinajstić information content (AvgIpc) is 3.06. The van der Waals surface area contributed by atoms with Crippen LogP contribution < -0.4 is 0 Å². The SMILES string of the molecule is N#C[C@@H](C(=O)c1cn[nH]c1-c1cccc(Cl)c1)c1ccccn1. The summed E-state index contributed by atoms with van der Waals surface area (Å²) in [5, 5.41) is 16.7. The van der Waals surface area contributed by atoms with Crippen molar-refractivity contribution in [3.8, 4) is 17.3 Å². The van der Waals surface area contributed by atoms with E-state index in [1.54, 1.807) is 42.6 Å². The summed E-state index contributed by atoms with van der Waals surface area (Å²) in [7, 11) is 0. The highest BCUT2D eigenvalue weighted by atomic mass is 35.5. The van der Waals surface area contributed by atoms with E-state index in [0.717, 1.165) is 5.56 Å². The highest BCUT2D eigenvalue weighted by Gasteiger charge is 2.26. The number of pyridine rings is 1. The van der Waals surface area contributed by atoms with E-state index in [0.29, 0.717) is 22.0 Å². The molecule has 112 valence electrons. The van der Waals surface area contributed by atoms with Gasteiger partial charge < -0.3 is 0 Å². The molecule has 0 bridgehead atoms. The number of aromatic amines is 1. The summed E-state index contributed by atoms with van der Waals surface area (Å²) in [5.41, 5.74) is 2.02. The van der Waals surface area contributed by atoms with E-state index >= 15 is 0 Å². The van der Waals surface area contributed by atoms with E-state index in [-0.39, 0.29) is 5.78 Å². The lowest BCUT2D eigenvalue weighted by atomic mass is 9.94. The third-order valence-electron chi connectivity index (χ3n) is 3.39. The smallest absolute Gasteiger partial charge is 0.189 e. The van der Waals surface area contributed by atoms with Gasteiger partial charge in [-0.3, -0.25) is 14.9 Å². The Bertz CT molecular complexity index is 883. The fourth-order valence-corrected chi connectivity index (χ4v) is 2.49. The molecule has 0 amide bonds. The zero-order chi connectivity index (χ0) is 16.2. The van der Waals surface area contributed by atoms with Crippen LogP contribution in [0.15, 0.2) is 54.9 Å². The van der Waals surface area contributed by atoms with Crippen LogP contribution >= 0.6 is 11.6 Å². The normalized spacial score (nSPS) is 11.7. The molecular weight excluding hydrogens is 312 g/mol. The zero-order valence-electron chi connectivity index (χ0n) is 11.9. The van der Waals surface area contributed by atoms with E-state index in [9.17, 15) is 10.1 Å². The summed E-state index contributed by atoms with van der Waals surface area (Å²) in [6.45, 7) is 0. The van der Waals surface area contributed by atoms with Crippen LogP contribution in [-0.4, -0.2) is 21.0 Å². The quantitative estimate of drug-likeness (QED) is 0.744. The molecule has 0 aliphatic heterocycles. The second-order valence-corrected chi connectivity index (χ2v) is 5.29. The summed E-state index contributed by atoms with van der Waals surface area (Å²) in [4.78, 5) is 16.9. The van der Waals surface area contributed by atoms with Crippen LogP contribution in [0.25, 0.3) is 11.3 Å². The Labute approximate surface area is 137 Å². The number of hydrogen-bond acceptors (Lipinski definition) is 4. The Balaban J connectivity index is 2.01. The molecule has 6 heteroatoms. The minimum atomic E-state index is -0.980. The fourth-order valence-electron chi connectivity index (χ4n) is 2.30. The average molecular weight is 323 g/mol. The maximum Gasteiger partial charge on any atom is 0.189 e. The molecule has 1 N–H and O–H groups in total. The first-order valence-electron chi connectivity index (χ1n) is 6.85. The largest absolute Gasteiger partial charge is 0.292 e. The molecule has 0 saturated carbocycles. The molecule has 5 nitrogen and oxygen atoms in total. The van der Waals surface area contributed by atoms with E-state index in [2.05, 4.69) is 15.2 Å². The molecule has 23 heavy (non-hydrogen) atoms. The Hall–Kier alpha value is -2.97. The lowest BCUT2D eigenvalue weighted by Gasteiger charge is -2.08. The van der Waals surface area contributed by atoms with Crippen molar-refractivity contribution in [1.29, 1.82) is 5.26 Å². The van der Waals surface area contributed by atoms with Gasteiger partial charge in [0, 0.05) is 16.8 Å². The van der Waals surface area contributed by atoms with Gasteiger partial charge in [-0.15, -0.1) is 0 Å². The summed E-state index contributed by atoms with van der Waals surface area (Å²) in [6, 6.07) is 14.2. The fraction of sp³-hybridized carbons (Fsp3) is 0.0588. The number of hydrogen-bond donors (Lipinski definition) is 1. The molecule has 0 saturated heterocycles. The first-order chi connectivity index (χ1) is 11.2. The van der Waals surface area contributed by atoms with Crippen molar-refractivity contribution in [1.82, 2.24) is 15.2 Å². The molecule has 2 heterocycles. The molecule has 0 fully saturated rings. The summed E-state index contributed by atoms with van der Waals surface area (Å²) < 4.78 is 0. The van der Waals surface area contributed by atoms with Crippen LogP contribution in [0.4, 0.5) is 0 Å². The number of carbonyl (C=O) groups excluding carboxylic acids is 1. The van der Waals surface area contributed by atoms with E-state index in [4.69, 9.17) is 11.6 Å². The lowest BCUT2D eigenvalue weighted by Crippen LogP contribution is -2.13. The van der Waals surface area contributed by atoms with Gasteiger partial charge >= 0.3 is 0 Å². The van der Waals surface area contributed by atoms with Crippen molar-refractivity contribution in [3.63, 3.8) is 0 Å². The van der Waals surface area contributed by atoms with Crippen molar-refractivity contribution in [2.75, 3.05) is 0 Å². The number of Topliss-reactive ketones (excluding diaryl/α,β-unsaturated/α-hetero) is 1. The number of nitriles is 1. The Kier molecular flexibility index (Phi) is 4.18.